The van der Waals surface area contributed by atoms with Crippen LogP contribution in [-0.4, -0.2) is 34.2 Å². The summed E-state index contributed by atoms with van der Waals surface area (Å²) < 4.78 is 8.54. The zero-order valence-electron chi connectivity index (χ0n) is 14.4. The van der Waals surface area contributed by atoms with Crippen LogP contribution < -0.4 is 5.32 Å². The van der Waals surface area contributed by atoms with Gasteiger partial charge in [0.1, 0.15) is 0 Å². The van der Waals surface area contributed by atoms with Gasteiger partial charge in [0.05, 0.1) is 30.3 Å². The Labute approximate surface area is 160 Å². The molecule has 5 nitrogen and oxygen atoms in total. The van der Waals surface area contributed by atoms with Crippen molar-refractivity contribution < 1.29 is 9.53 Å². The van der Waals surface area contributed by atoms with Gasteiger partial charge in [-0.15, -0.1) is 11.8 Å². The summed E-state index contributed by atoms with van der Waals surface area (Å²) in [5, 5.41) is 7.21. The highest BCUT2D eigenvalue weighted by Crippen LogP contribution is 2.28. The predicted molar refractivity (Wildman–Crippen MR) is 104 cm³/mol. The van der Waals surface area contributed by atoms with Gasteiger partial charge >= 0.3 is 0 Å². The largest absolute Gasteiger partial charge is 0.376 e. The molecule has 1 unspecified atom stereocenters. The Kier molecular flexibility index (Phi) is 6.19. The van der Waals surface area contributed by atoms with Crippen LogP contribution in [0.5, 0.6) is 0 Å². The number of halogens is 1. The third-order valence-corrected chi connectivity index (χ3v) is 6.16. The number of rotatable bonds is 6. The van der Waals surface area contributed by atoms with E-state index in [1.165, 1.54) is 11.1 Å². The van der Waals surface area contributed by atoms with E-state index in [9.17, 15) is 4.79 Å². The number of aryl methyl sites for hydroxylation is 2. The molecule has 1 fully saturated rings. The Morgan fingerprint density at radius 3 is 3.04 bits per heavy atom. The van der Waals surface area contributed by atoms with E-state index in [-0.39, 0.29) is 12.0 Å². The van der Waals surface area contributed by atoms with Crippen molar-refractivity contribution in [1.29, 1.82) is 0 Å². The zero-order valence-corrected chi connectivity index (χ0v) is 16.8. The molecule has 134 valence electrons. The molecule has 1 N–H and O–H groups in total. The maximum absolute atomic E-state index is 12.2. The van der Waals surface area contributed by atoms with Crippen LogP contribution in [0.15, 0.2) is 33.9 Å². The van der Waals surface area contributed by atoms with E-state index >= 15 is 0 Å². The number of nitrogens with zero attached hydrogens (tertiary/aromatic N) is 2. The third kappa shape index (κ3) is 5.09. The maximum atomic E-state index is 12.2. The summed E-state index contributed by atoms with van der Waals surface area (Å²) in [5.41, 5.74) is 3.07. The normalized spacial score (nSPS) is 17.0. The molecule has 0 saturated carbocycles. The van der Waals surface area contributed by atoms with Gasteiger partial charge < -0.3 is 10.1 Å². The molecule has 0 radical (unpaired) electrons. The van der Waals surface area contributed by atoms with Crippen molar-refractivity contribution in [3.63, 3.8) is 0 Å². The molecule has 0 spiro atoms. The van der Waals surface area contributed by atoms with Gasteiger partial charge in [-0.3, -0.25) is 9.48 Å². The van der Waals surface area contributed by atoms with Crippen molar-refractivity contribution in [2.24, 2.45) is 0 Å². The molecule has 0 bridgehead atoms. The van der Waals surface area contributed by atoms with Gasteiger partial charge in [-0.05, 0) is 49.9 Å². The Balaban J connectivity index is 1.51. The number of amides is 1. The molecular formula is C18H22BrN3O2S. The fraction of sp³-hybridized carbons (Fsp3) is 0.444. The van der Waals surface area contributed by atoms with E-state index in [0.717, 1.165) is 41.0 Å². The Morgan fingerprint density at radius 1 is 1.44 bits per heavy atom. The van der Waals surface area contributed by atoms with E-state index in [1.807, 2.05) is 10.9 Å². The van der Waals surface area contributed by atoms with E-state index in [4.69, 9.17) is 4.74 Å². The Hall–Kier alpha value is -1.31. The minimum Gasteiger partial charge on any atom is -0.376 e. The highest BCUT2D eigenvalue weighted by Gasteiger charge is 2.16. The maximum Gasteiger partial charge on any atom is 0.234 e. The van der Waals surface area contributed by atoms with Crippen LogP contribution in [0.4, 0.5) is 5.69 Å². The third-order valence-electron chi connectivity index (χ3n) is 4.15. The first-order chi connectivity index (χ1) is 12.0. The van der Waals surface area contributed by atoms with Crippen LogP contribution in [0.3, 0.4) is 0 Å². The molecule has 1 amide bonds. The molecule has 25 heavy (non-hydrogen) atoms. The average Bonchev–Trinajstić information content (AvgIpc) is 3.22. The van der Waals surface area contributed by atoms with Crippen molar-refractivity contribution in [3.05, 3.63) is 40.1 Å². The molecule has 7 heteroatoms. The fourth-order valence-electron chi connectivity index (χ4n) is 2.78. The van der Waals surface area contributed by atoms with Crippen LogP contribution in [0.1, 0.15) is 24.0 Å². The molecule has 2 aromatic rings. The summed E-state index contributed by atoms with van der Waals surface area (Å²) >= 11 is 5.08. The molecule has 1 aromatic heterocycles. The van der Waals surface area contributed by atoms with Crippen molar-refractivity contribution in [2.45, 2.75) is 44.2 Å². The van der Waals surface area contributed by atoms with E-state index < -0.39 is 0 Å². The highest BCUT2D eigenvalue weighted by atomic mass is 79.9. The molecule has 3 rings (SSSR count). The minimum atomic E-state index is -0.0263. The summed E-state index contributed by atoms with van der Waals surface area (Å²) in [4.78, 5) is 13.3. The summed E-state index contributed by atoms with van der Waals surface area (Å²) in [7, 11) is 0. The molecule has 2 heterocycles. The lowest BCUT2D eigenvalue weighted by atomic mass is 10.2. The van der Waals surface area contributed by atoms with Gasteiger partial charge in [-0.1, -0.05) is 15.9 Å². The van der Waals surface area contributed by atoms with E-state index in [1.54, 1.807) is 18.0 Å². The van der Waals surface area contributed by atoms with Crippen molar-refractivity contribution >= 4 is 39.3 Å². The first kappa shape index (κ1) is 18.5. The summed E-state index contributed by atoms with van der Waals surface area (Å²) in [5.74, 6) is 0.348. The van der Waals surface area contributed by atoms with Crippen LogP contribution in [0.25, 0.3) is 0 Å². The number of hydrogen-bond acceptors (Lipinski definition) is 4. The summed E-state index contributed by atoms with van der Waals surface area (Å²) in [6.45, 7) is 5.68. The lowest BCUT2D eigenvalue weighted by molar-refractivity contribution is -0.113. The Morgan fingerprint density at radius 2 is 2.28 bits per heavy atom. The Bertz CT molecular complexity index is 757. The number of anilines is 1. The van der Waals surface area contributed by atoms with Crippen LogP contribution >= 0.6 is 27.7 Å². The van der Waals surface area contributed by atoms with Gasteiger partial charge in [0, 0.05) is 22.2 Å². The molecule has 1 saturated heterocycles. The van der Waals surface area contributed by atoms with E-state index in [2.05, 4.69) is 52.3 Å². The lowest BCUT2D eigenvalue weighted by Gasteiger charge is -2.09. The number of benzene rings is 1. The highest BCUT2D eigenvalue weighted by molar-refractivity contribution is 9.10. The summed E-state index contributed by atoms with van der Waals surface area (Å²) in [6.07, 6.45) is 5.97. The SMILES string of the molecule is Cc1cc(SCC(=O)Nc2cnn(CC3CCCO3)c2)c(C)cc1Br. The van der Waals surface area contributed by atoms with Gasteiger partial charge in [0.2, 0.25) is 5.91 Å². The van der Waals surface area contributed by atoms with Crippen molar-refractivity contribution in [3.8, 4) is 0 Å². The number of aromatic nitrogens is 2. The minimum absolute atomic E-state index is 0.0263. The number of hydrogen-bond donors (Lipinski definition) is 1. The van der Waals surface area contributed by atoms with Crippen LogP contribution in [-0.2, 0) is 16.1 Å². The van der Waals surface area contributed by atoms with Gasteiger partial charge in [0.25, 0.3) is 0 Å². The van der Waals surface area contributed by atoms with Gasteiger partial charge in [-0.2, -0.15) is 5.10 Å². The number of ether oxygens (including phenoxy) is 1. The smallest absolute Gasteiger partial charge is 0.234 e. The molecule has 1 atom stereocenters. The fourth-order valence-corrected chi connectivity index (χ4v) is 4.14. The number of thioether (sulfide) groups is 1. The second kappa shape index (κ2) is 8.38. The zero-order chi connectivity index (χ0) is 17.8. The number of carbonyl (C=O) groups is 1. The predicted octanol–water partition coefficient (Wildman–Crippen LogP) is 4.17. The first-order valence-corrected chi connectivity index (χ1v) is 10.1. The van der Waals surface area contributed by atoms with Gasteiger partial charge in [0.15, 0.2) is 0 Å². The molecule has 0 aliphatic carbocycles. The topological polar surface area (TPSA) is 56.2 Å². The average molecular weight is 424 g/mol. The van der Waals surface area contributed by atoms with Crippen molar-refractivity contribution in [1.82, 2.24) is 9.78 Å². The number of nitrogens with one attached hydrogen (secondary N) is 1. The monoisotopic (exact) mass is 423 g/mol. The van der Waals surface area contributed by atoms with Crippen LogP contribution in [0.2, 0.25) is 0 Å². The standard InChI is InChI=1S/C18H22BrN3O2S/c1-12-7-17(13(2)6-16(12)19)25-11-18(23)21-14-8-20-22(9-14)10-15-4-3-5-24-15/h6-9,15H,3-5,10-11H2,1-2H3,(H,21,23). The molecule has 1 aliphatic heterocycles. The second-order valence-electron chi connectivity index (χ2n) is 6.29. The number of carbonyl (C=O) groups excluding carboxylic acids is 1. The molecule has 1 aromatic carbocycles. The van der Waals surface area contributed by atoms with E-state index in [0.29, 0.717) is 5.75 Å². The summed E-state index contributed by atoms with van der Waals surface area (Å²) in [6, 6.07) is 4.20. The van der Waals surface area contributed by atoms with Crippen LogP contribution in [0, 0.1) is 13.8 Å². The quantitative estimate of drug-likeness (QED) is 0.708. The molecule has 1 aliphatic rings. The lowest BCUT2D eigenvalue weighted by Crippen LogP contribution is -2.15. The molecular weight excluding hydrogens is 402 g/mol. The van der Waals surface area contributed by atoms with Crippen molar-refractivity contribution in [2.75, 3.05) is 17.7 Å². The first-order valence-electron chi connectivity index (χ1n) is 8.35. The second-order valence-corrected chi connectivity index (χ2v) is 8.16. The van der Waals surface area contributed by atoms with Gasteiger partial charge in [-0.25, -0.2) is 0 Å².